The Morgan fingerprint density at radius 2 is 2.33 bits per heavy atom. The van der Waals surface area contributed by atoms with Gasteiger partial charge in [-0.2, -0.15) is 5.10 Å². The summed E-state index contributed by atoms with van der Waals surface area (Å²) in [5, 5.41) is 7.89. The van der Waals surface area contributed by atoms with E-state index in [9.17, 15) is 0 Å². The first-order chi connectivity index (χ1) is 8.79. The first-order valence-corrected chi connectivity index (χ1v) is 7.11. The van der Waals surface area contributed by atoms with Crippen molar-refractivity contribution < 1.29 is 4.74 Å². The first kappa shape index (κ1) is 13.6. The van der Waals surface area contributed by atoms with Crippen molar-refractivity contribution in [3.63, 3.8) is 0 Å². The fourth-order valence-electron chi connectivity index (χ4n) is 2.07. The molecule has 0 amide bonds. The Kier molecular flexibility index (Phi) is 5.20. The van der Waals surface area contributed by atoms with Crippen molar-refractivity contribution in [3.05, 3.63) is 17.5 Å². The minimum Gasteiger partial charge on any atom is -0.381 e. The molecule has 2 rings (SSSR count). The summed E-state index contributed by atoms with van der Waals surface area (Å²) in [6, 6.07) is 2.15. The van der Waals surface area contributed by atoms with Crippen LogP contribution >= 0.6 is 0 Å². The molecule has 0 unspecified atom stereocenters. The molecule has 0 aliphatic heterocycles. The second kappa shape index (κ2) is 6.90. The van der Waals surface area contributed by atoms with Gasteiger partial charge < -0.3 is 10.1 Å². The van der Waals surface area contributed by atoms with E-state index in [0.29, 0.717) is 0 Å². The molecule has 1 N–H and O–H groups in total. The molecule has 1 aromatic rings. The van der Waals surface area contributed by atoms with E-state index in [1.165, 1.54) is 18.5 Å². The topological polar surface area (TPSA) is 39.1 Å². The summed E-state index contributed by atoms with van der Waals surface area (Å²) in [5.41, 5.74) is 2.37. The second-order valence-corrected chi connectivity index (χ2v) is 5.14. The number of ether oxygens (including phenoxy) is 1. The number of aromatic nitrogens is 2. The lowest BCUT2D eigenvalue weighted by Crippen LogP contribution is -2.19. The Balaban J connectivity index is 1.53. The Labute approximate surface area is 110 Å². The highest BCUT2D eigenvalue weighted by Crippen LogP contribution is 2.28. The first-order valence-electron chi connectivity index (χ1n) is 7.11. The molecular formula is C14H25N3O. The van der Waals surface area contributed by atoms with Gasteiger partial charge in [-0.1, -0.05) is 0 Å². The van der Waals surface area contributed by atoms with Crippen LogP contribution in [-0.2, 0) is 17.8 Å². The third-order valence-corrected chi connectivity index (χ3v) is 3.28. The van der Waals surface area contributed by atoms with Crippen molar-refractivity contribution in [3.8, 4) is 0 Å². The Bertz CT molecular complexity index is 358. The molecule has 1 aliphatic carbocycles. The van der Waals surface area contributed by atoms with E-state index >= 15 is 0 Å². The predicted molar refractivity (Wildman–Crippen MR) is 72.5 cm³/mol. The molecule has 0 saturated heterocycles. The molecule has 1 aliphatic rings. The SMILES string of the molecule is CCn1nc(C)cc1CNCCCOCC1CC1. The molecule has 0 spiro atoms. The van der Waals surface area contributed by atoms with Crippen LogP contribution in [0.25, 0.3) is 0 Å². The molecule has 1 aromatic heterocycles. The van der Waals surface area contributed by atoms with Gasteiger partial charge >= 0.3 is 0 Å². The molecule has 1 fully saturated rings. The average Bonchev–Trinajstić information content (AvgIpc) is 3.11. The second-order valence-electron chi connectivity index (χ2n) is 5.14. The monoisotopic (exact) mass is 251 g/mol. The number of hydrogen-bond acceptors (Lipinski definition) is 3. The lowest BCUT2D eigenvalue weighted by atomic mass is 10.3. The largest absolute Gasteiger partial charge is 0.381 e. The van der Waals surface area contributed by atoms with E-state index in [0.717, 1.165) is 50.9 Å². The summed E-state index contributed by atoms with van der Waals surface area (Å²) in [5.74, 6) is 0.875. The van der Waals surface area contributed by atoms with Gasteiger partial charge in [-0.3, -0.25) is 4.68 Å². The van der Waals surface area contributed by atoms with E-state index in [4.69, 9.17) is 4.74 Å². The van der Waals surface area contributed by atoms with Crippen LogP contribution in [0, 0.1) is 12.8 Å². The van der Waals surface area contributed by atoms with Crippen LogP contribution in [-0.4, -0.2) is 29.5 Å². The number of nitrogens with zero attached hydrogens (tertiary/aromatic N) is 2. The maximum Gasteiger partial charge on any atom is 0.0597 e. The molecule has 0 aromatic carbocycles. The van der Waals surface area contributed by atoms with Gasteiger partial charge in [0.05, 0.1) is 11.4 Å². The Hall–Kier alpha value is -0.870. The predicted octanol–water partition coefficient (Wildman–Crippen LogP) is 2.12. The van der Waals surface area contributed by atoms with Gasteiger partial charge in [0.1, 0.15) is 0 Å². The minimum atomic E-state index is 0.875. The normalized spacial score (nSPS) is 15.2. The molecular weight excluding hydrogens is 226 g/mol. The van der Waals surface area contributed by atoms with Crippen molar-refractivity contribution in [1.29, 1.82) is 0 Å². The summed E-state index contributed by atoms with van der Waals surface area (Å²) in [6.07, 6.45) is 3.84. The van der Waals surface area contributed by atoms with Crippen LogP contribution in [0.4, 0.5) is 0 Å². The fourth-order valence-corrected chi connectivity index (χ4v) is 2.07. The number of hydrogen-bond donors (Lipinski definition) is 1. The van der Waals surface area contributed by atoms with Crippen molar-refractivity contribution in [2.24, 2.45) is 5.92 Å². The van der Waals surface area contributed by atoms with Crippen molar-refractivity contribution in [1.82, 2.24) is 15.1 Å². The van der Waals surface area contributed by atoms with Crippen LogP contribution in [0.3, 0.4) is 0 Å². The number of aryl methyl sites for hydroxylation is 2. The van der Waals surface area contributed by atoms with E-state index in [1.54, 1.807) is 0 Å². The van der Waals surface area contributed by atoms with Gasteiger partial charge in [0.15, 0.2) is 0 Å². The standard InChI is InChI=1S/C14H25N3O/c1-3-17-14(9-12(2)16-17)10-15-7-4-8-18-11-13-5-6-13/h9,13,15H,3-8,10-11H2,1-2H3. The molecule has 0 bridgehead atoms. The third kappa shape index (κ3) is 4.42. The summed E-state index contributed by atoms with van der Waals surface area (Å²) >= 11 is 0. The van der Waals surface area contributed by atoms with Gasteiger partial charge in [0, 0.05) is 26.3 Å². The molecule has 4 heteroatoms. The van der Waals surface area contributed by atoms with E-state index < -0.39 is 0 Å². The third-order valence-electron chi connectivity index (χ3n) is 3.28. The van der Waals surface area contributed by atoms with Gasteiger partial charge in [-0.25, -0.2) is 0 Å². The molecule has 4 nitrogen and oxygen atoms in total. The smallest absolute Gasteiger partial charge is 0.0597 e. The Morgan fingerprint density at radius 1 is 1.50 bits per heavy atom. The van der Waals surface area contributed by atoms with Crippen LogP contribution in [0.15, 0.2) is 6.07 Å². The molecule has 0 atom stereocenters. The lowest BCUT2D eigenvalue weighted by Gasteiger charge is -2.07. The molecule has 1 saturated carbocycles. The summed E-state index contributed by atoms with van der Waals surface area (Å²) in [7, 11) is 0. The molecule has 0 radical (unpaired) electrons. The number of nitrogens with one attached hydrogen (secondary N) is 1. The van der Waals surface area contributed by atoms with Crippen molar-refractivity contribution in [2.45, 2.75) is 46.2 Å². The maximum atomic E-state index is 5.60. The van der Waals surface area contributed by atoms with Crippen LogP contribution in [0.2, 0.25) is 0 Å². The zero-order valence-electron chi connectivity index (χ0n) is 11.6. The van der Waals surface area contributed by atoms with Crippen LogP contribution in [0.5, 0.6) is 0 Å². The van der Waals surface area contributed by atoms with Crippen LogP contribution in [0.1, 0.15) is 37.6 Å². The highest BCUT2D eigenvalue weighted by Gasteiger charge is 2.20. The molecule has 102 valence electrons. The molecule has 18 heavy (non-hydrogen) atoms. The lowest BCUT2D eigenvalue weighted by molar-refractivity contribution is 0.122. The summed E-state index contributed by atoms with van der Waals surface area (Å²) in [4.78, 5) is 0. The quantitative estimate of drug-likeness (QED) is 0.683. The van der Waals surface area contributed by atoms with Crippen LogP contribution < -0.4 is 5.32 Å². The van der Waals surface area contributed by atoms with E-state index in [-0.39, 0.29) is 0 Å². The highest BCUT2D eigenvalue weighted by molar-refractivity contribution is 5.08. The Morgan fingerprint density at radius 3 is 3.06 bits per heavy atom. The average molecular weight is 251 g/mol. The summed E-state index contributed by atoms with van der Waals surface area (Å²) in [6.45, 7) is 8.88. The van der Waals surface area contributed by atoms with Gasteiger partial charge in [0.2, 0.25) is 0 Å². The highest BCUT2D eigenvalue weighted by atomic mass is 16.5. The van der Waals surface area contributed by atoms with Crippen molar-refractivity contribution >= 4 is 0 Å². The van der Waals surface area contributed by atoms with E-state index in [2.05, 4.69) is 28.1 Å². The fraction of sp³-hybridized carbons (Fsp3) is 0.786. The zero-order chi connectivity index (χ0) is 12.8. The number of rotatable bonds is 9. The zero-order valence-corrected chi connectivity index (χ0v) is 11.6. The van der Waals surface area contributed by atoms with Crippen molar-refractivity contribution in [2.75, 3.05) is 19.8 Å². The van der Waals surface area contributed by atoms with Gasteiger partial charge in [0.25, 0.3) is 0 Å². The molecule has 1 heterocycles. The minimum absolute atomic E-state index is 0.875. The van der Waals surface area contributed by atoms with Gasteiger partial charge in [-0.15, -0.1) is 0 Å². The van der Waals surface area contributed by atoms with E-state index in [1.807, 2.05) is 6.92 Å². The van der Waals surface area contributed by atoms with Gasteiger partial charge in [-0.05, 0) is 51.6 Å². The summed E-state index contributed by atoms with van der Waals surface area (Å²) < 4.78 is 7.66. The maximum absolute atomic E-state index is 5.60.